The normalized spacial score (nSPS) is 40.7. The van der Waals surface area contributed by atoms with Gasteiger partial charge in [0.25, 0.3) is 0 Å². The Hall–Kier alpha value is -1.50. The summed E-state index contributed by atoms with van der Waals surface area (Å²) in [7, 11) is 1.47. The van der Waals surface area contributed by atoms with Gasteiger partial charge in [0, 0.05) is 12.5 Å². The van der Waals surface area contributed by atoms with E-state index in [1.54, 1.807) is 0 Å². The number of esters is 1. The first kappa shape index (κ1) is 19.5. The molecule has 7 nitrogen and oxygen atoms in total. The van der Waals surface area contributed by atoms with Crippen molar-refractivity contribution in [2.45, 2.75) is 89.3 Å². The molecule has 4 aliphatic rings. The van der Waals surface area contributed by atoms with Crippen molar-refractivity contribution in [3.05, 3.63) is 5.82 Å². The second-order valence-electron chi connectivity index (χ2n) is 11.1. The maximum atomic E-state index is 11.8. The molecule has 4 fully saturated rings. The first-order valence-corrected chi connectivity index (χ1v) is 11.4. The van der Waals surface area contributed by atoms with Gasteiger partial charge >= 0.3 is 5.97 Å². The highest BCUT2D eigenvalue weighted by Crippen LogP contribution is 2.60. The fraction of sp³-hybridized carbons (Fsp3) is 0.909. The number of tetrazole rings is 1. The average molecular weight is 402 g/mol. The second-order valence-corrected chi connectivity index (χ2v) is 11.1. The minimum atomic E-state index is -0.225. The van der Waals surface area contributed by atoms with Gasteiger partial charge in [0.2, 0.25) is 0 Å². The van der Waals surface area contributed by atoms with Crippen LogP contribution in [0.5, 0.6) is 0 Å². The highest BCUT2D eigenvalue weighted by Gasteiger charge is 2.57. The molecule has 160 valence electrons. The van der Waals surface area contributed by atoms with Gasteiger partial charge in [-0.1, -0.05) is 0 Å². The van der Waals surface area contributed by atoms with Crippen molar-refractivity contribution in [2.24, 2.45) is 29.6 Å². The maximum Gasteiger partial charge on any atom is 0.305 e. The molecule has 0 unspecified atom stereocenters. The number of fused-ring (bicyclic) bond motifs is 5. The van der Waals surface area contributed by atoms with E-state index in [9.17, 15) is 4.79 Å². The number of rotatable bonds is 5. The number of aromatic nitrogens is 4. The molecule has 0 saturated heterocycles. The topological polar surface area (TPSA) is 81.9 Å². The maximum absolute atomic E-state index is 11.8. The largest absolute Gasteiger partial charge is 0.469 e. The standard InChI is InChI=1S/C22H35N5O2/c1-21(2,3)27-20(24-25-26-27)22(11-13(12-22)9-18(28)29-4)23-17-8-7-16-14-5-6-15(10-14)19(16)17/h13-17,19,23H,5-12H2,1-4H3/t13?,14-,15+,16-,17+,19+,22?/m0/s1. The molecule has 2 bridgehead atoms. The van der Waals surface area contributed by atoms with Gasteiger partial charge in [-0.25, -0.2) is 4.68 Å². The summed E-state index contributed by atoms with van der Waals surface area (Å²) in [6.45, 7) is 6.44. The Kier molecular flexibility index (Phi) is 4.53. The summed E-state index contributed by atoms with van der Waals surface area (Å²) in [5.41, 5.74) is -0.400. The van der Waals surface area contributed by atoms with Crippen LogP contribution in [0, 0.1) is 29.6 Å². The lowest BCUT2D eigenvalue weighted by molar-refractivity contribution is -0.143. The summed E-state index contributed by atoms with van der Waals surface area (Å²) >= 11 is 0. The van der Waals surface area contributed by atoms with Gasteiger partial charge in [-0.05, 0) is 106 Å². The molecule has 5 atom stereocenters. The van der Waals surface area contributed by atoms with Gasteiger partial charge < -0.3 is 10.1 Å². The number of carbonyl (C=O) groups is 1. The molecule has 5 rings (SSSR count). The molecule has 4 aliphatic carbocycles. The highest BCUT2D eigenvalue weighted by atomic mass is 16.5. The van der Waals surface area contributed by atoms with Crippen LogP contribution in [0.4, 0.5) is 0 Å². The molecule has 1 aromatic heterocycles. The average Bonchev–Trinajstić information content (AvgIpc) is 3.39. The quantitative estimate of drug-likeness (QED) is 0.764. The monoisotopic (exact) mass is 401 g/mol. The van der Waals surface area contributed by atoms with Crippen LogP contribution < -0.4 is 5.32 Å². The Bertz CT molecular complexity index is 778. The lowest BCUT2D eigenvalue weighted by Gasteiger charge is -2.50. The molecule has 1 N–H and O–H groups in total. The summed E-state index contributed by atoms with van der Waals surface area (Å²) in [4.78, 5) is 11.8. The van der Waals surface area contributed by atoms with Crippen LogP contribution >= 0.6 is 0 Å². The van der Waals surface area contributed by atoms with Crippen LogP contribution in [0.3, 0.4) is 0 Å². The third kappa shape index (κ3) is 3.11. The summed E-state index contributed by atoms with van der Waals surface area (Å²) in [6.07, 6.45) is 9.25. The van der Waals surface area contributed by atoms with Crippen molar-refractivity contribution in [2.75, 3.05) is 7.11 Å². The van der Waals surface area contributed by atoms with E-state index in [1.807, 2.05) is 4.68 Å². The summed E-state index contributed by atoms with van der Waals surface area (Å²) in [6, 6.07) is 0.555. The van der Waals surface area contributed by atoms with Gasteiger partial charge in [-0.15, -0.1) is 5.10 Å². The number of nitrogens with one attached hydrogen (secondary N) is 1. The molecule has 1 aromatic rings. The van der Waals surface area contributed by atoms with Gasteiger partial charge in [0.05, 0.1) is 18.2 Å². The Labute approximate surface area is 173 Å². The van der Waals surface area contributed by atoms with Crippen molar-refractivity contribution in [1.82, 2.24) is 25.5 Å². The van der Waals surface area contributed by atoms with Crippen molar-refractivity contribution >= 4 is 5.97 Å². The summed E-state index contributed by atoms with van der Waals surface area (Å²) in [5, 5.41) is 17.0. The molecule has 7 heteroatoms. The van der Waals surface area contributed by atoms with Gasteiger partial charge in [0.1, 0.15) is 0 Å². The van der Waals surface area contributed by atoms with Gasteiger partial charge in [-0.3, -0.25) is 4.79 Å². The molecule has 1 heterocycles. The van der Waals surface area contributed by atoms with E-state index in [1.165, 1.54) is 39.2 Å². The Morgan fingerprint density at radius 3 is 2.69 bits per heavy atom. The van der Waals surface area contributed by atoms with E-state index < -0.39 is 0 Å². The van der Waals surface area contributed by atoms with Gasteiger partial charge in [-0.2, -0.15) is 0 Å². The first-order chi connectivity index (χ1) is 13.8. The second kappa shape index (κ2) is 6.76. The predicted molar refractivity (Wildman–Crippen MR) is 108 cm³/mol. The molecule has 0 amide bonds. The number of hydrogen-bond donors (Lipinski definition) is 1. The fourth-order valence-electron chi connectivity index (χ4n) is 7.29. The Morgan fingerprint density at radius 2 is 1.97 bits per heavy atom. The molecule has 0 radical (unpaired) electrons. The minimum Gasteiger partial charge on any atom is -0.469 e. The minimum absolute atomic E-state index is 0.118. The van der Waals surface area contributed by atoms with E-state index in [-0.39, 0.29) is 17.0 Å². The number of nitrogens with zero attached hydrogens (tertiary/aromatic N) is 4. The van der Waals surface area contributed by atoms with Crippen LogP contribution in [0.2, 0.25) is 0 Å². The number of methoxy groups -OCH3 is 1. The first-order valence-electron chi connectivity index (χ1n) is 11.4. The summed E-state index contributed by atoms with van der Waals surface area (Å²) < 4.78 is 6.90. The number of carbonyl (C=O) groups excluding carboxylic acids is 1. The third-order valence-electron chi connectivity index (χ3n) is 8.39. The SMILES string of the molecule is COC(=O)CC1CC(N[C@@H]2CC[C@H]3[C@H]4CC[C@H](C4)[C@H]32)(c2nnnn2C(C)(C)C)C1. The molecular formula is C22H35N5O2. The summed E-state index contributed by atoms with van der Waals surface area (Å²) in [5.74, 6) is 4.79. The van der Waals surface area contributed by atoms with Crippen LogP contribution in [-0.4, -0.2) is 39.3 Å². The van der Waals surface area contributed by atoms with Crippen LogP contribution in [0.15, 0.2) is 0 Å². The van der Waals surface area contributed by atoms with Gasteiger partial charge in [0.15, 0.2) is 5.82 Å². The van der Waals surface area contributed by atoms with E-state index in [2.05, 4.69) is 41.6 Å². The van der Waals surface area contributed by atoms with E-state index in [4.69, 9.17) is 4.74 Å². The Morgan fingerprint density at radius 1 is 1.21 bits per heavy atom. The zero-order chi connectivity index (χ0) is 20.4. The Balaban J connectivity index is 1.40. The molecular weight excluding hydrogens is 366 g/mol. The molecule has 0 aromatic carbocycles. The van der Waals surface area contributed by atoms with Crippen molar-refractivity contribution in [3.63, 3.8) is 0 Å². The number of ether oxygens (including phenoxy) is 1. The fourth-order valence-corrected chi connectivity index (χ4v) is 7.29. The lowest BCUT2D eigenvalue weighted by Crippen LogP contribution is -2.59. The van der Waals surface area contributed by atoms with Crippen molar-refractivity contribution in [1.29, 1.82) is 0 Å². The number of hydrogen-bond acceptors (Lipinski definition) is 6. The third-order valence-corrected chi connectivity index (χ3v) is 8.39. The van der Waals surface area contributed by atoms with E-state index >= 15 is 0 Å². The zero-order valence-corrected chi connectivity index (χ0v) is 18.2. The van der Waals surface area contributed by atoms with Crippen molar-refractivity contribution < 1.29 is 9.53 Å². The molecule has 29 heavy (non-hydrogen) atoms. The molecule has 0 aliphatic heterocycles. The van der Waals surface area contributed by atoms with E-state index in [0.717, 1.165) is 42.3 Å². The molecule has 4 saturated carbocycles. The van der Waals surface area contributed by atoms with Crippen LogP contribution in [0.25, 0.3) is 0 Å². The smallest absolute Gasteiger partial charge is 0.305 e. The highest BCUT2D eigenvalue weighted by molar-refractivity contribution is 5.69. The predicted octanol–water partition coefficient (Wildman–Crippen LogP) is 3.01. The zero-order valence-electron chi connectivity index (χ0n) is 18.2. The van der Waals surface area contributed by atoms with E-state index in [0.29, 0.717) is 18.4 Å². The lowest BCUT2D eigenvalue weighted by atomic mass is 9.65. The van der Waals surface area contributed by atoms with Crippen LogP contribution in [0.1, 0.15) is 78.0 Å². The van der Waals surface area contributed by atoms with Crippen molar-refractivity contribution in [3.8, 4) is 0 Å². The molecule has 0 spiro atoms. The van der Waals surface area contributed by atoms with Crippen LogP contribution in [-0.2, 0) is 20.6 Å².